The number of hydrogen-bond donors (Lipinski definition) is 1. The second-order valence-corrected chi connectivity index (χ2v) is 8.16. The number of ether oxygens (including phenoxy) is 3. The number of esters is 2. The van der Waals surface area contributed by atoms with E-state index in [9.17, 15) is 14.4 Å². The molecule has 1 N–H and O–H groups in total. The Bertz CT molecular complexity index is 914. The predicted molar refractivity (Wildman–Crippen MR) is 117 cm³/mol. The first-order valence-corrected chi connectivity index (χ1v) is 10.2. The van der Waals surface area contributed by atoms with Gasteiger partial charge in [-0.3, -0.25) is 4.79 Å². The maximum atomic E-state index is 11.8. The lowest BCUT2D eigenvalue weighted by Gasteiger charge is -2.21. The van der Waals surface area contributed by atoms with Gasteiger partial charge in [0.05, 0.1) is 12.7 Å². The average molecular weight is 444 g/mol. The quantitative estimate of drug-likeness (QED) is 0.360. The number of nitrogens with one attached hydrogen (secondary N) is 1. The van der Waals surface area contributed by atoms with Crippen molar-refractivity contribution in [1.29, 1.82) is 0 Å². The summed E-state index contributed by atoms with van der Waals surface area (Å²) in [6, 6.07) is 7.19. The van der Waals surface area contributed by atoms with E-state index in [1.54, 1.807) is 46.3 Å². The molecule has 1 aromatic heterocycles. The molecule has 172 valence electrons. The lowest BCUT2D eigenvalue weighted by atomic mass is 10.1. The molecule has 1 heterocycles. The fourth-order valence-corrected chi connectivity index (χ4v) is 2.56. The summed E-state index contributed by atoms with van der Waals surface area (Å²) in [6.07, 6.45) is 7.51. The van der Waals surface area contributed by atoms with E-state index < -0.39 is 36.5 Å². The highest BCUT2D eigenvalue weighted by molar-refractivity contribution is 5.87. The van der Waals surface area contributed by atoms with E-state index in [2.05, 4.69) is 10.3 Å². The summed E-state index contributed by atoms with van der Waals surface area (Å²) < 4.78 is 16.8. The average Bonchev–Trinajstić information content (AvgIpc) is 3.18. The van der Waals surface area contributed by atoms with Gasteiger partial charge in [0.25, 0.3) is 0 Å². The van der Waals surface area contributed by atoms with E-state index in [0.29, 0.717) is 6.54 Å². The molecule has 1 amide bonds. The van der Waals surface area contributed by atoms with Crippen molar-refractivity contribution in [2.24, 2.45) is 0 Å². The Kier molecular flexibility index (Phi) is 9.00. The van der Waals surface area contributed by atoms with Crippen LogP contribution in [0.4, 0.5) is 4.79 Å². The van der Waals surface area contributed by atoms with E-state index in [0.717, 1.165) is 11.1 Å². The molecule has 0 aliphatic rings. The zero-order valence-corrected chi connectivity index (χ0v) is 18.7. The van der Waals surface area contributed by atoms with Crippen LogP contribution in [0.25, 0.3) is 6.08 Å². The van der Waals surface area contributed by atoms with Gasteiger partial charge in [-0.25, -0.2) is 14.6 Å². The topological polar surface area (TPSA) is 109 Å². The van der Waals surface area contributed by atoms with Crippen molar-refractivity contribution in [2.45, 2.75) is 52.3 Å². The fraction of sp³-hybridized carbons (Fsp3) is 0.391. The third-order valence-electron chi connectivity index (χ3n) is 3.97. The fourth-order valence-electron chi connectivity index (χ4n) is 2.56. The summed E-state index contributed by atoms with van der Waals surface area (Å²) in [4.78, 5) is 39.3. The van der Waals surface area contributed by atoms with Crippen molar-refractivity contribution in [2.75, 3.05) is 6.79 Å². The second-order valence-electron chi connectivity index (χ2n) is 8.16. The van der Waals surface area contributed by atoms with Gasteiger partial charge in [-0.05, 0) is 44.9 Å². The molecular formula is C23H29N3O6. The Morgan fingerprint density at radius 2 is 1.88 bits per heavy atom. The molecular weight excluding hydrogens is 414 g/mol. The predicted octanol–water partition coefficient (Wildman–Crippen LogP) is 3.29. The number of benzene rings is 1. The van der Waals surface area contributed by atoms with Gasteiger partial charge >= 0.3 is 18.0 Å². The van der Waals surface area contributed by atoms with E-state index >= 15 is 0 Å². The second kappa shape index (κ2) is 11.7. The van der Waals surface area contributed by atoms with Crippen LogP contribution in [-0.2, 0) is 30.3 Å². The first-order chi connectivity index (χ1) is 15.1. The normalized spacial score (nSPS) is 12.2. The van der Waals surface area contributed by atoms with E-state index in [1.165, 1.54) is 6.08 Å². The summed E-state index contributed by atoms with van der Waals surface area (Å²) >= 11 is 0. The standard InChI is InChI=1S/C23H29N3O6/c1-17(25-22(29)32-23(2,3)4)13-21(28)31-16-30-20(27)10-9-18-5-7-19(8-6-18)14-26-12-11-24-15-26/h5-12,15,17H,13-14,16H2,1-4H3,(H,25,29)/b10-9+. The van der Waals surface area contributed by atoms with E-state index in [-0.39, 0.29) is 6.42 Å². The van der Waals surface area contributed by atoms with Crippen LogP contribution >= 0.6 is 0 Å². The van der Waals surface area contributed by atoms with E-state index in [1.807, 2.05) is 35.0 Å². The molecule has 0 aliphatic carbocycles. The maximum absolute atomic E-state index is 11.8. The SMILES string of the molecule is CC(CC(=O)OCOC(=O)/C=C/c1ccc(Cn2ccnc2)cc1)NC(=O)OC(C)(C)C. The van der Waals surface area contributed by atoms with Gasteiger partial charge in [-0.15, -0.1) is 0 Å². The lowest BCUT2D eigenvalue weighted by molar-refractivity contribution is -0.164. The number of carbonyl (C=O) groups is 3. The van der Waals surface area contributed by atoms with Crippen LogP contribution < -0.4 is 5.32 Å². The van der Waals surface area contributed by atoms with Gasteiger partial charge < -0.3 is 24.1 Å². The van der Waals surface area contributed by atoms with Crippen LogP contribution in [-0.4, -0.2) is 46.0 Å². The molecule has 0 fully saturated rings. The van der Waals surface area contributed by atoms with Gasteiger partial charge in [-0.1, -0.05) is 24.3 Å². The van der Waals surface area contributed by atoms with Crippen LogP contribution in [0.2, 0.25) is 0 Å². The number of aromatic nitrogens is 2. The van der Waals surface area contributed by atoms with Crippen LogP contribution in [0, 0.1) is 0 Å². The van der Waals surface area contributed by atoms with Crippen molar-refractivity contribution < 1.29 is 28.6 Å². The van der Waals surface area contributed by atoms with Gasteiger partial charge in [0.2, 0.25) is 6.79 Å². The summed E-state index contributed by atoms with van der Waals surface area (Å²) in [5.41, 5.74) is 1.30. The number of imidazole rings is 1. The Labute approximate surface area is 187 Å². The number of carbonyl (C=O) groups excluding carboxylic acids is 3. The first kappa shape index (κ1) is 24.6. The highest BCUT2D eigenvalue weighted by Gasteiger charge is 2.19. The van der Waals surface area contributed by atoms with Crippen LogP contribution in [0.5, 0.6) is 0 Å². The summed E-state index contributed by atoms with van der Waals surface area (Å²) in [5, 5.41) is 2.54. The zero-order chi connectivity index (χ0) is 23.6. The summed E-state index contributed by atoms with van der Waals surface area (Å²) in [6.45, 7) is 7.07. The first-order valence-electron chi connectivity index (χ1n) is 10.2. The third-order valence-corrected chi connectivity index (χ3v) is 3.97. The van der Waals surface area contributed by atoms with Crippen LogP contribution in [0.15, 0.2) is 49.1 Å². The lowest BCUT2D eigenvalue weighted by Crippen LogP contribution is -2.38. The molecule has 0 spiro atoms. The monoisotopic (exact) mass is 443 g/mol. The van der Waals surface area contributed by atoms with Crippen molar-refractivity contribution >= 4 is 24.1 Å². The smallest absolute Gasteiger partial charge is 0.407 e. The number of alkyl carbamates (subject to hydrolysis) is 1. The molecule has 2 rings (SSSR count). The Morgan fingerprint density at radius 3 is 2.50 bits per heavy atom. The molecule has 2 aromatic rings. The van der Waals surface area contributed by atoms with E-state index in [4.69, 9.17) is 14.2 Å². The molecule has 0 radical (unpaired) electrons. The molecule has 0 saturated heterocycles. The Balaban J connectivity index is 1.66. The maximum Gasteiger partial charge on any atom is 0.407 e. The molecule has 0 saturated carbocycles. The number of hydrogen-bond acceptors (Lipinski definition) is 7. The van der Waals surface area contributed by atoms with Crippen molar-refractivity contribution in [3.05, 3.63) is 60.2 Å². The van der Waals surface area contributed by atoms with Gasteiger partial charge in [0, 0.05) is 31.1 Å². The van der Waals surface area contributed by atoms with Crippen molar-refractivity contribution in [3.63, 3.8) is 0 Å². The minimum Gasteiger partial charge on any atom is -0.444 e. The third kappa shape index (κ3) is 9.92. The van der Waals surface area contributed by atoms with Crippen LogP contribution in [0.1, 0.15) is 45.2 Å². The summed E-state index contributed by atoms with van der Waals surface area (Å²) in [7, 11) is 0. The Hall–Kier alpha value is -3.62. The number of amides is 1. The molecule has 1 unspecified atom stereocenters. The van der Waals surface area contributed by atoms with Gasteiger partial charge in [0.15, 0.2) is 0 Å². The molecule has 9 heteroatoms. The van der Waals surface area contributed by atoms with Gasteiger partial charge in [0.1, 0.15) is 5.60 Å². The summed E-state index contributed by atoms with van der Waals surface area (Å²) in [5.74, 6) is -1.25. The number of rotatable bonds is 9. The molecule has 0 aliphatic heterocycles. The van der Waals surface area contributed by atoms with Crippen molar-refractivity contribution in [3.8, 4) is 0 Å². The highest BCUT2D eigenvalue weighted by atomic mass is 16.7. The minimum absolute atomic E-state index is 0.0853. The molecule has 32 heavy (non-hydrogen) atoms. The molecule has 1 atom stereocenters. The highest BCUT2D eigenvalue weighted by Crippen LogP contribution is 2.09. The largest absolute Gasteiger partial charge is 0.444 e. The van der Waals surface area contributed by atoms with Gasteiger partial charge in [-0.2, -0.15) is 0 Å². The van der Waals surface area contributed by atoms with Crippen molar-refractivity contribution in [1.82, 2.24) is 14.9 Å². The Morgan fingerprint density at radius 1 is 1.16 bits per heavy atom. The molecule has 9 nitrogen and oxygen atoms in total. The molecule has 0 bridgehead atoms. The van der Waals surface area contributed by atoms with Crippen LogP contribution in [0.3, 0.4) is 0 Å². The zero-order valence-electron chi connectivity index (χ0n) is 18.7. The minimum atomic E-state index is -0.639. The number of nitrogens with zero attached hydrogens (tertiary/aromatic N) is 2. The molecule has 1 aromatic carbocycles.